The Hall–Kier alpha value is -1.41. The van der Waals surface area contributed by atoms with Gasteiger partial charge in [0, 0.05) is 30.6 Å². The number of rotatable bonds is 6. The molecule has 9 heteroatoms. The summed E-state index contributed by atoms with van der Waals surface area (Å²) in [6.45, 7) is 10.0. The third-order valence-electron chi connectivity index (χ3n) is 4.21. The summed E-state index contributed by atoms with van der Waals surface area (Å²) in [7, 11) is 0. The molecule has 154 valence electrons. The summed E-state index contributed by atoms with van der Waals surface area (Å²) in [5.41, 5.74) is 1.07. The maximum Gasteiger partial charge on any atom is 0.407 e. The number of nitrogens with zero attached hydrogens (tertiary/aromatic N) is 2. The topological polar surface area (TPSA) is 85.2 Å². The molecule has 0 aliphatic carbocycles. The van der Waals surface area contributed by atoms with Gasteiger partial charge in [0.1, 0.15) is 34.2 Å². The highest BCUT2D eigenvalue weighted by Crippen LogP contribution is 2.35. The molecule has 1 saturated heterocycles. The third kappa shape index (κ3) is 5.56. The normalized spacial score (nSPS) is 18.9. The van der Waals surface area contributed by atoms with Crippen molar-refractivity contribution in [3.8, 4) is 5.75 Å². The average Bonchev–Trinajstić information content (AvgIpc) is 3.09. The first-order valence-corrected chi connectivity index (χ1v) is 10.6. The molecule has 28 heavy (non-hydrogen) atoms. The Bertz CT molecular complexity index is 780. The molecule has 6 nitrogen and oxygen atoms in total. The predicted molar refractivity (Wildman–Crippen MR) is 114 cm³/mol. The minimum atomic E-state index is -1.54. The Balaban J connectivity index is 2.56. The molecule has 1 unspecified atom stereocenters. The third-order valence-corrected chi connectivity index (χ3v) is 6.34. The van der Waals surface area contributed by atoms with Crippen molar-refractivity contribution in [3.05, 3.63) is 40.4 Å². The summed E-state index contributed by atoms with van der Waals surface area (Å²) in [5.74, 6) is 0.207. The van der Waals surface area contributed by atoms with Gasteiger partial charge in [0.25, 0.3) is 0 Å². The molecule has 1 aliphatic heterocycles. The van der Waals surface area contributed by atoms with Gasteiger partial charge in [0.2, 0.25) is 0 Å². The van der Waals surface area contributed by atoms with Crippen LogP contribution in [0.1, 0.15) is 32.8 Å². The Morgan fingerprint density at radius 2 is 2.11 bits per heavy atom. The summed E-state index contributed by atoms with van der Waals surface area (Å²) in [4.78, 5) is 12.7. The van der Waals surface area contributed by atoms with Crippen LogP contribution in [0.3, 0.4) is 0 Å². The van der Waals surface area contributed by atoms with Gasteiger partial charge in [-0.1, -0.05) is 40.3 Å². The molecule has 1 aromatic rings. The van der Waals surface area contributed by atoms with Gasteiger partial charge in [-0.25, -0.2) is 4.79 Å². The van der Waals surface area contributed by atoms with E-state index in [9.17, 15) is 14.5 Å². The molecule has 1 aliphatic rings. The highest BCUT2D eigenvalue weighted by molar-refractivity contribution is 7.91. The van der Waals surface area contributed by atoms with Crippen molar-refractivity contribution in [2.75, 3.05) is 19.7 Å². The van der Waals surface area contributed by atoms with Crippen molar-refractivity contribution in [2.45, 2.75) is 31.9 Å². The number of benzene rings is 1. The van der Waals surface area contributed by atoms with Gasteiger partial charge >= 0.3 is 6.09 Å². The monoisotopic (exact) mass is 446 g/mol. The molecule has 0 bridgehead atoms. The minimum Gasteiger partial charge on any atom is -0.591 e. The lowest BCUT2D eigenvalue weighted by molar-refractivity contribution is 0.155. The number of likely N-dealkylation sites (tertiary alicyclic amines) is 1. The molecule has 0 aromatic heterocycles. The summed E-state index contributed by atoms with van der Waals surface area (Å²) in [6.07, 6.45) is 1.17. The van der Waals surface area contributed by atoms with Crippen LogP contribution in [0.5, 0.6) is 5.75 Å². The molecule has 0 saturated carbocycles. The first-order chi connectivity index (χ1) is 13.0. The smallest absolute Gasteiger partial charge is 0.407 e. The van der Waals surface area contributed by atoms with E-state index in [1.54, 1.807) is 18.2 Å². The second kappa shape index (κ2) is 9.39. The maximum absolute atomic E-state index is 12.8. The van der Waals surface area contributed by atoms with E-state index in [0.29, 0.717) is 40.0 Å². The molecule has 2 rings (SSSR count). The largest absolute Gasteiger partial charge is 0.591 e. The number of carbonyl (C=O) groups is 1. The van der Waals surface area contributed by atoms with Gasteiger partial charge in [-0.15, -0.1) is 0 Å². The molecular formula is C19H24Cl2N2O4S. The van der Waals surface area contributed by atoms with Crippen LogP contribution < -0.4 is 4.74 Å². The summed E-state index contributed by atoms with van der Waals surface area (Å²) in [5, 5.41) is 9.93. The van der Waals surface area contributed by atoms with E-state index in [0.717, 1.165) is 0 Å². The average molecular weight is 447 g/mol. The summed E-state index contributed by atoms with van der Waals surface area (Å²) >= 11 is 10.8. The summed E-state index contributed by atoms with van der Waals surface area (Å²) < 4.78 is 22.4. The predicted octanol–water partition coefficient (Wildman–Crippen LogP) is 4.81. The molecule has 2 atom stereocenters. The number of hydrogen-bond donors (Lipinski definition) is 1. The van der Waals surface area contributed by atoms with Crippen molar-refractivity contribution in [2.24, 2.45) is 10.3 Å². The Morgan fingerprint density at radius 1 is 1.46 bits per heavy atom. The van der Waals surface area contributed by atoms with E-state index >= 15 is 0 Å². The van der Waals surface area contributed by atoms with Crippen LogP contribution in [-0.2, 0) is 11.4 Å². The minimum absolute atomic E-state index is 0.231. The van der Waals surface area contributed by atoms with Gasteiger partial charge < -0.3 is 19.3 Å². The Labute approximate surface area is 178 Å². The quantitative estimate of drug-likeness (QED) is 0.385. The lowest BCUT2D eigenvalue weighted by Crippen LogP contribution is -2.31. The molecular weight excluding hydrogens is 423 g/mol. The first kappa shape index (κ1) is 22.9. The SMILES string of the molecule is C=CCOc1cc(Cl)c(Cl)cc1C(=N[S+]([O-])C(C)(C)C)[C@H]1CCN(C(=O)O)C1. The molecule has 1 heterocycles. The first-order valence-electron chi connectivity index (χ1n) is 8.76. The van der Waals surface area contributed by atoms with Crippen LogP contribution in [0.15, 0.2) is 29.2 Å². The number of ether oxygens (including phenoxy) is 1. The molecule has 1 amide bonds. The zero-order valence-corrected chi connectivity index (χ0v) is 18.4. The standard InChI is InChI=1S/C19H24Cl2N2O4S/c1-5-8-27-16-10-15(21)14(20)9-13(16)17(22-28(26)19(2,3)4)12-6-7-23(11-12)18(24)25/h5,9-10,12H,1,6-8,11H2,2-4H3,(H,24,25)/t12-,28?/m0/s1. The van der Waals surface area contributed by atoms with Gasteiger partial charge in [0.15, 0.2) is 0 Å². The van der Waals surface area contributed by atoms with E-state index in [1.807, 2.05) is 20.8 Å². The fraction of sp³-hybridized carbons (Fsp3) is 0.474. The van der Waals surface area contributed by atoms with Crippen LogP contribution in [0.25, 0.3) is 0 Å². The Kier molecular flexibility index (Phi) is 7.67. The zero-order valence-electron chi connectivity index (χ0n) is 16.1. The zero-order chi connectivity index (χ0) is 21.1. The number of hydrogen-bond acceptors (Lipinski definition) is 4. The number of carboxylic acid groups (broad SMARTS) is 1. The van der Waals surface area contributed by atoms with Crippen LogP contribution in [-0.4, -0.2) is 50.8 Å². The van der Waals surface area contributed by atoms with Gasteiger partial charge in [-0.05, 0) is 33.3 Å². The van der Waals surface area contributed by atoms with E-state index in [2.05, 4.69) is 11.0 Å². The van der Waals surface area contributed by atoms with Crippen LogP contribution in [0.2, 0.25) is 10.0 Å². The molecule has 1 N–H and O–H groups in total. The van der Waals surface area contributed by atoms with E-state index in [-0.39, 0.29) is 19.1 Å². The van der Waals surface area contributed by atoms with E-state index in [1.165, 1.54) is 4.90 Å². The summed E-state index contributed by atoms with van der Waals surface area (Å²) in [6, 6.07) is 3.21. The maximum atomic E-state index is 12.8. The number of amides is 1. The molecule has 0 spiro atoms. The fourth-order valence-electron chi connectivity index (χ4n) is 2.72. The highest BCUT2D eigenvalue weighted by Gasteiger charge is 2.35. The van der Waals surface area contributed by atoms with Crippen molar-refractivity contribution < 1.29 is 19.2 Å². The van der Waals surface area contributed by atoms with Gasteiger partial charge in [-0.2, -0.15) is 0 Å². The van der Waals surface area contributed by atoms with Crippen molar-refractivity contribution in [3.63, 3.8) is 0 Å². The fourth-order valence-corrected chi connectivity index (χ4v) is 3.74. The van der Waals surface area contributed by atoms with Crippen LogP contribution in [0, 0.1) is 5.92 Å². The lowest BCUT2D eigenvalue weighted by Gasteiger charge is -2.22. The lowest BCUT2D eigenvalue weighted by atomic mass is 9.95. The van der Waals surface area contributed by atoms with Crippen molar-refractivity contribution >= 4 is 46.4 Å². The molecule has 1 aromatic carbocycles. The van der Waals surface area contributed by atoms with Gasteiger partial charge in [-0.3, -0.25) is 0 Å². The highest BCUT2D eigenvalue weighted by atomic mass is 35.5. The van der Waals surface area contributed by atoms with E-state index < -0.39 is 22.2 Å². The van der Waals surface area contributed by atoms with E-state index in [4.69, 9.17) is 27.9 Å². The Morgan fingerprint density at radius 3 is 2.64 bits per heavy atom. The van der Waals surface area contributed by atoms with Crippen molar-refractivity contribution in [1.82, 2.24) is 4.90 Å². The van der Waals surface area contributed by atoms with Gasteiger partial charge in [0.05, 0.1) is 10.0 Å². The second-order valence-corrected chi connectivity index (χ2v) is 10.1. The second-order valence-electron chi connectivity index (χ2n) is 7.41. The number of halogens is 2. The molecule has 0 radical (unpaired) electrons. The van der Waals surface area contributed by atoms with Crippen LogP contribution >= 0.6 is 23.2 Å². The van der Waals surface area contributed by atoms with Crippen molar-refractivity contribution in [1.29, 1.82) is 0 Å². The molecule has 1 fully saturated rings. The van der Waals surface area contributed by atoms with Crippen LogP contribution in [0.4, 0.5) is 4.79 Å².